The van der Waals surface area contributed by atoms with Gasteiger partial charge in [-0.1, -0.05) is 0 Å². The van der Waals surface area contributed by atoms with Crippen LogP contribution in [0.25, 0.3) is 0 Å². The Morgan fingerprint density at radius 1 is 1.37 bits per heavy atom. The fourth-order valence-electron chi connectivity index (χ4n) is 2.41. The monoisotopic (exact) mass is 262 g/mol. The van der Waals surface area contributed by atoms with Gasteiger partial charge in [-0.25, -0.2) is 0 Å². The van der Waals surface area contributed by atoms with Crippen molar-refractivity contribution in [2.24, 2.45) is 0 Å². The van der Waals surface area contributed by atoms with Crippen LogP contribution in [0.2, 0.25) is 0 Å². The zero-order valence-electron chi connectivity index (χ0n) is 11.7. The van der Waals surface area contributed by atoms with Gasteiger partial charge in [0.2, 0.25) is 0 Å². The van der Waals surface area contributed by atoms with Crippen molar-refractivity contribution in [3.05, 3.63) is 24.3 Å². The lowest BCUT2D eigenvalue weighted by Crippen LogP contribution is -2.44. The molecule has 1 atom stereocenters. The van der Waals surface area contributed by atoms with E-state index in [1.165, 1.54) is 6.42 Å². The molecule has 1 aliphatic rings. The molecule has 1 heterocycles. The van der Waals surface area contributed by atoms with E-state index in [0.29, 0.717) is 6.04 Å². The maximum Gasteiger partial charge on any atom is 0.260 e. The van der Waals surface area contributed by atoms with Crippen molar-refractivity contribution in [3.8, 4) is 5.75 Å². The number of likely N-dealkylation sites (tertiary alicyclic amines) is 1. The zero-order valence-corrected chi connectivity index (χ0v) is 11.7. The highest BCUT2D eigenvalue weighted by molar-refractivity contribution is 5.78. The lowest BCUT2D eigenvalue weighted by molar-refractivity contribution is -0.136. The minimum absolute atomic E-state index is 0.0879. The van der Waals surface area contributed by atoms with Gasteiger partial charge in [0.1, 0.15) is 5.75 Å². The van der Waals surface area contributed by atoms with Gasteiger partial charge in [0.15, 0.2) is 6.61 Å². The molecule has 1 aromatic rings. The first kappa shape index (κ1) is 13.7. The normalized spacial score (nSPS) is 19.1. The molecule has 0 radical (unpaired) electrons. The van der Waals surface area contributed by atoms with Gasteiger partial charge in [0, 0.05) is 25.3 Å². The van der Waals surface area contributed by atoms with Crippen molar-refractivity contribution >= 4 is 11.6 Å². The number of nitrogens with one attached hydrogen (secondary N) is 1. The van der Waals surface area contributed by atoms with Crippen molar-refractivity contribution in [2.45, 2.75) is 32.2 Å². The highest BCUT2D eigenvalue weighted by Gasteiger charge is 2.23. The van der Waals surface area contributed by atoms with E-state index in [-0.39, 0.29) is 12.5 Å². The summed E-state index contributed by atoms with van der Waals surface area (Å²) in [6.07, 6.45) is 3.42. The maximum atomic E-state index is 12.1. The summed E-state index contributed by atoms with van der Waals surface area (Å²) >= 11 is 0. The van der Waals surface area contributed by atoms with Crippen LogP contribution in [-0.2, 0) is 4.79 Å². The summed E-state index contributed by atoms with van der Waals surface area (Å²) < 4.78 is 5.55. The number of nitrogens with zero attached hydrogens (tertiary/aromatic N) is 1. The predicted octanol–water partition coefficient (Wildman–Crippen LogP) is 2.51. The van der Waals surface area contributed by atoms with Gasteiger partial charge in [-0.2, -0.15) is 0 Å². The van der Waals surface area contributed by atoms with Gasteiger partial charge in [-0.15, -0.1) is 0 Å². The van der Waals surface area contributed by atoms with E-state index < -0.39 is 0 Å². The van der Waals surface area contributed by atoms with E-state index in [4.69, 9.17) is 4.74 Å². The number of benzene rings is 1. The van der Waals surface area contributed by atoms with Crippen molar-refractivity contribution in [1.82, 2.24) is 4.90 Å². The van der Waals surface area contributed by atoms with Crippen LogP contribution in [0.4, 0.5) is 5.69 Å². The van der Waals surface area contributed by atoms with Gasteiger partial charge >= 0.3 is 0 Å². The first-order chi connectivity index (χ1) is 9.20. The summed E-state index contributed by atoms with van der Waals surface area (Å²) in [5.41, 5.74) is 1.03. The molecule has 4 nitrogen and oxygen atoms in total. The third-order valence-electron chi connectivity index (χ3n) is 3.63. The van der Waals surface area contributed by atoms with Crippen LogP contribution in [0.15, 0.2) is 24.3 Å². The van der Waals surface area contributed by atoms with Crippen LogP contribution in [0.3, 0.4) is 0 Å². The molecule has 4 heteroatoms. The van der Waals surface area contributed by atoms with E-state index in [1.807, 2.05) is 36.2 Å². The predicted molar refractivity (Wildman–Crippen MR) is 76.5 cm³/mol. The molecule has 1 amide bonds. The lowest BCUT2D eigenvalue weighted by Gasteiger charge is -2.33. The number of carbonyl (C=O) groups excluding carboxylic acids is 1. The molecule has 1 aliphatic heterocycles. The van der Waals surface area contributed by atoms with Gasteiger partial charge in [-0.3, -0.25) is 4.79 Å². The molecule has 0 aliphatic carbocycles. The van der Waals surface area contributed by atoms with Gasteiger partial charge < -0.3 is 15.0 Å². The van der Waals surface area contributed by atoms with Crippen LogP contribution in [0, 0.1) is 0 Å². The second kappa shape index (κ2) is 6.45. The van der Waals surface area contributed by atoms with E-state index in [1.54, 1.807) is 0 Å². The minimum atomic E-state index is 0.0879. The number of anilines is 1. The fourth-order valence-corrected chi connectivity index (χ4v) is 2.41. The summed E-state index contributed by atoms with van der Waals surface area (Å²) in [6, 6.07) is 7.96. The highest BCUT2D eigenvalue weighted by atomic mass is 16.5. The molecule has 1 unspecified atom stereocenters. The minimum Gasteiger partial charge on any atom is -0.484 e. The first-order valence-corrected chi connectivity index (χ1v) is 6.91. The van der Waals surface area contributed by atoms with Crippen LogP contribution in [0.5, 0.6) is 5.75 Å². The molecule has 1 fully saturated rings. The van der Waals surface area contributed by atoms with Gasteiger partial charge in [-0.05, 0) is 50.5 Å². The summed E-state index contributed by atoms with van der Waals surface area (Å²) in [7, 11) is 1.87. The Kier molecular flexibility index (Phi) is 4.66. The Bertz CT molecular complexity index is 417. The molecular weight excluding hydrogens is 240 g/mol. The van der Waals surface area contributed by atoms with Crippen LogP contribution in [-0.4, -0.2) is 37.0 Å². The lowest BCUT2D eigenvalue weighted by atomic mass is 10.0. The van der Waals surface area contributed by atoms with Crippen LogP contribution in [0.1, 0.15) is 26.2 Å². The Hall–Kier alpha value is -1.71. The molecule has 2 rings (SSSR count). The van der Waals surface area contributed by atoms with Gasteiger partial charge in [0.25, 0.3) is 5.91 Å². The van der Waals surface area contributed by atoms with E-state index in [2.05, 4.69) is 12.2 Å². The quantitative estimate of drug-likeness (QED) is 0.906. The number of carbonyl (C=O) groups is 1. The topological polar surface area (TPSA) is 41.6 Å². The smallest absolute Gasteiger partial charge is 0.260 e. The fraction of sp³-hybridized carbons (Fsp3) is 0.533. The number of hydrogen-bond acceptors (Lipinski definition) is 3. The van der Waals surface area contributed by atoms with E-state index in [0.717, 1.165) is 30.8 Å². The molecule has 1 saturated heterocycles. The number of ether oxygens (including phenoxy) is 1. The maximum absolute atomic E-state index is 12.1. The summed E-state index contributed by atoms with van der Waals surface area (Å²) in [6.45, 7) is 3.10. The summed E-state index contributed by atoms with van der Waals surface area (Å²) in [5.74, 6) is 0.821. The van der Waals surface area contributed by atoms with Crippen molar-refractivity contribution < 1.29 is 9.53 Å². The largest absolute Gasteiger partial charge is 0.484 e. The number of amides is 1. The Morgan fingerprint density at radius 2 is 2.11 bits per heavy atom. The van der Waals surface area contributed by atoms with Gasteiger partial charge in [0.05, 0.1) is 0 Å². The Labute approximate surface area is 114 Å². The summed E-state index contributed by atoms with van der Waals surface area (Å²) in [4.78, 5) is 14.0. The zero-order chi connectivity index (χ0) is 13.7. The molecule has 0 aromatic heterocycles. The molecule has 1 N–H and O–H groups in total. The Balaban J connectivity index is 1.85. The average molecular weight is 262 g/mol. The van der Waals surface area contributed by atoms with Crippen LogP contribution < -0.4 is 10.1 Å². The molecule has 0 saturated carbocycles. The second-order valence-electron chi connectivity index (χ2n) is 4.99. The van der Waals surface area contributed by atoms with Crippen molar-refractivity contribution in [3.63, 3.8) is 0 Å². The third-order valence-corrected chi connectivity index (χ3v) is 3.63. The van der Waals surface area contributed by atoms with Crippen molar-refractivity contribution in [1.29, 1.82) is 0 Å². The molecule has 104 valence electrons. The molecule has 0 bridgehead atoms. The molecular formula is C15H22N2O2. The number of rotatable bonds is 4. The SMILES string of the molecule is CNc1ccc(OCC(=O)N2CCCCC2C)cc1. The van der Waals surface area contributed by atoms with Crippen molar-refractivity contribution in [2.75, 3.05) is 25.5 Å². The molecule has 0 spiro atoms. The number of piperidine rings is 1. The average Bonchev–Trinajstić information content (AvgIpc) is 2.46. The Morgan fingerprint density at radius 3 is 2.74 bits per heavy atom. The molecule has 19 heavy (non-hydrogen) atoms. The number of hydrogen-bond donors (Lipinski definition) is 1. The third kappa shape index (κ3) is 3.63. The highest BCUT2D eigenvalue weighted by Crippen LogP contribution is 2.18. The summed E-state index contributed by atoms with van der Waals surface area (Å²) in [5, 5.41) is 3.05. The van der Waals surface area contributed by atoms with E-state index >= 15 is 0 Å². The molecule has 1 aromatic carbocycles. The van der Waals surface area contributed by atoms with E-state index in [9.17, 15) is 4.79 Å². The van der Waals surface area contributed by atoms with Crippen LogP contribution >= 0.6 is 0 Å². The first-order valence-electron chi connectivity index (χ1n) is 6.91. The second-order valence-corrected chi connectivity index (χ2v) is 4.99. The standard InChI is InChI=1S/C15H22N2O2/c1-12-5-3-4-10-17(12)15(18)11-19-14-8-6-13(16-2)7-9-14/h6-9,12,16H,3-5,10-11H2,1-2H3.